The first-order chi connectivity index (χ1) is 7.58. The van der Waals surface area contributed by atoms with Crippen molar-refractivity contribution >= 4 is 23.4 Å². The minimum Gasteiger partial charge on any atom is -0.312 e. The Bertz CT molecular complexity index is 375. The molecule has 0 saturated carbocycles. The van der Waals surface area contributed by atoms with Gasteiger partial charge in [-0.3, -0.25) is 4.79 Å². The molecule has 1 amide bonds. The van der Waals surface area contributed by atoms with E-state index in [0.717, 1.165) is 18.0 Å². The number of hydrogen-bond acceptors (Lipinski definition) is 2. The fourth-order valence-electron chi connectivity index (χ4n) is 1.93. The Kier molecular flexibility index (Phi) is 3.24. The van der Waals surface area contributed by atoms with Crippen molar-refractivity contribution in [3.8, 4) is 0 Å². The zero-order chi connectivity index (χ0) is 11.6. The summed E-state index contributed by atoms with van der Waals surface area (Å²) in [5.41, 5.74) is 1.02. The minimum absolute atomic E-state index is 0.0701. The Balaban J connectivity index is 2.20. The van der Waals surface area contributed by atoms with E-state index in [2.05, 4.69) is 13.8 Å². The van der Waals surface area contributed by atoms with Crippen LogP contribution < -0.4 is 4.90 Å². The topological polar surface area (TPSA) is 20.3 Å². The number of carbonyl (C=O) groups is 1. The standard InChI is InChI=1S/C13H17NOS/c1-13(2)10-12(15)14(8-9-16-13)11-6-4-3-5-7-11/h3-7H,8-10H2,1-2H3. The smallest absolute Gasteiger partial charge is 0.228 e. The Hall–Kier alpha value is -0.960. The Morgan fingerprint density at radius 2 is 1.94 bits per heavy atom. The lowest BCUT2D eigenvalue weighted by molar-refractivity contribution is -0.118. The molecule has 0 atom stereocenters. The van der Waals surface area contributed by atoms with E-state index >= 15 is 0 Å². The number of benzene rings is 1. The van der Waals surface area contributed by atoms with Gasteiger partial charge in [-0.2, -0.15) is 11.8 Å². The summed E-state index contributed by atoms with van der Waals surface area (Å²) in [4.78, 5) is 14.0. The molecule has 0 N–H and O–H groups in total. The molecule has 1 fully saturated rings. The fraction of sp³-hybridized carbons (Fsp3) is 0.462. The van der Waals surface area contributed by atoms with E-state index in [1.165, 1.54) is 0 Å². The highest BCUT2D eigenvalue weighted by atomic mass is 32.2. The second-order valence-corrected chi connectivity index (χ2v) is 6.47. The lowest BCUT2D eigenvalue weighted by atomic mass is 10.1. The van der Waals surface area contributed by atoms with Gasteiger partial charge in [-0.05, 0) is 12.1 Å². The molecule has 1 aliphatic heterocycles. The molecule has 0 spiro atoms. The highest BCUT2D eigenvalue weighted by Crippen LogP contribution is 2.32. The van der Waals surface area contributed by atoms with Crippen molar-refractivity contribution in [2.45, 2.75) is 25.0 Å². The van der Waals surface area contributed by atoms with Gasteiger partial charge in [0.05, 0.1) is 0 Å². The Morgan fingerprint density at radius 3 is 2.62 bits per heavy atom. The number of amides is 1. The van der Waals surface area contributed by atoms with Crippen LogP contribution in [0.1, 0.15) is 20.3 Å². The highest BCUT2D eigenvalue weighted by molar-refractivity contribution is 8.00. The van der Waals surface area contributed by atoms with E-state index in [0.29, 0.717) is 6.42 Å². The van der Waals surface area contributed by atoms with E-state index < -0.39 is 0 Å². The van der Waals surface area contributed by atoms with Gasteiger partial charge in [0.15, 0.2) is 0 Å². The van der Waals surface area contributed by atoms with Gasteiger partial charge in [-0.15, -0.1) is 0 Å². The van der Waals surface area contributed by atoms with Crippen molar-refractivity contribution < 1.29 is 4.79 Å². The first-order valence-electron chi connectivity index (χ1n) is 5.58. The van der Waals surface area contributed by atoms with Gasteiger partial charge >= 0.3 is 0 Å². The number of carbonyl (C=O) groups excluding carboxylic acids is 1. The molecule has 0 bridgehead atoms. The van der Waals surface area contributed by atoms with E-state index in [9.17, 15) is 4.79 Å². The van der Waals surface area contributed by atoms with E-state index in [1.807, 2.05) is 47.0 Å². The lowest BCUT2D eigenvalue weighted by Crippen LogP contribution is -2.33. The summed E-state index contributed by atoms with van der Waals surface area (Å²) in [5, 5.41) is 0. The van der Waals surface area contributed by atoms with Gasteiger partial charge in [-0.25, -0.2) is 0 Å². The summed E-state index contributed by atoms with van der Waals surface area (Å²) >= 11 is 1.88. The van der Waals surface area contributed by atoms with Gasteiger partial charge in [0.1, 0.15) is 0 Å². The molecule has 0 aliphatic carbocycles. The van der Waals surface area contributed by atoms with Crippen molar-refractivity contribution in [3.05, 3.63) is 30.3 Å². The third kappa shape index (κ3) is 2.59. The molecule has 1 aliphatic rings. The zero-order valence-corrected chi connectivity index (χ0v) is 10.6. The van der Waals surface area contributed by atoms with Crippen LogP contribution in [0.25, 0.3) is 0 Å². The minimum atomic E-state index is 0.0701. The average molecular weight is 235 g/mol. The second-order valence-electron chi connectivity index (χ2n) is 4.67. The Labute approximate surface area is 101 Å². The maximum Gasteiger partial charge on any atom is 0.228 e. The summed E-state index contributed by atoms with van der Waals surface area (Å²) in [5.74, 6) is 1.24. The van der Waals surface area contributed by atoms with Crippen molar-refractivity contribution in [2.75, 3.05) is 17.2 Å². The van der Waals surface area contributed by atoms with E-state index in [4.69, 9.17) is 0 Å². The number of rotatable bonds is 1. The third-order valence-electron chi connectivity index (χ3n) is 2.75. The first-order valence-corrected chi connectivity index (χ1v) is 6.56. The molecule has 1 aromatic rings. The lowest BCUT2D eigenvalue weighted by Gasteiger charge is -2.22. The number of thioether (sulfide) groups is 1. The van der Waals surface area contributed by atoms with E-state index in [1.54, 1.807) is 0 Å². The van der Waals surface area contributed by atoms with Crippen LogP contribution in [-0.2, 0) is 4.79 Å². The van der Waals surface area contributed by atoms with Crippen LogP contribution in [0.3, 0.4) is 0 Å². The van der Waals surface area contributed by atoms with Crippen molar-refractivity contribution in [1.82, 2.24) is 0 Å². The molecular formula is C13H17NOS. The van der Waals surface area contributed by atoms with Crippen LogP contribution in [0.15, 0.2) is 30.3 Å². The Morgan fingerprint density at radius 1 is 1.25 bits per heavy atom. The van der Waals surface area contributed by atoms with Crippen molar-refractivity contribution in [3.63, 3.8) is 0 Å². The molecule has 1 aromatic carbocycles. The molecule has 1 heterocycles. The quantitative estimate of drug-likeness (QED) is 0.746. The third-order valence-corrected chi connectivity index (χ3v) is 4.07. The SMILES string of the molecule is CC1(C)CC(=O)N(c2ccccc2)CCS1. The van der Waals surface area contributed by atoms with Crippen LogP contribution in [0.5, 0.6) is 0 Å². The predicted octanol–water partition coefficient (Wildman–Crippen LogP) is 2.94. The average Bonchev–Trinajstić information content (AvgIpc) is 2.37. The molecule has 86 valence electrons. The molecule has 0 radical (unpaired) electrons. The fourth-order valence-corrected chi connectivity index (χ4v) is 2.98. The van der Waals surface area contributed by atoms with Crippen LogP contribution in [0, 0.1) is 0 Å². The van der Waals surface area contributed by atoms with Gasteiger partial charge in [-0.1, -0.05) is 32.0 Å². The number of anilines is 1. The number of nitrogens with zero attached hydrogens (tertiary/aromatic N) is 1. The van der Waals surface area contributed by atoms with Crippen LogP contribution in [0.4, 0.5) is 5.69 Å². The van der Waals surface area contributed by atoms with Gasteiger partial charge in [0.2, 0.25) is 5.91 Å². The van der Waals surface area contributed by atoms with Gasteiger partial charge in [0, 0.05) is 29.2 Å². The summed E-state index contributed by atoms with van der Waals surface area (Å²) in [6.07, 6.45) is 0.618. The largest absolute Gasteiger partial charge is 0.312 e. The second kappa shape index (κ2) is 4.50. The zero-order valence-electron chi connectivity index (χ0n) is 9.77. The van der Waals surface area contributed by atoms with E-state index in [-0.39, 0.29) is 10.7 Å². The summed E-state index contributed by atoms with van der Waals surface area (Å²) in [6, 6.07) is 9.93. The van der Waals surface area contributed by atoms with Crippen LogP contribution in [0.2, 0.25) is 0 Å². The molecule has 0 aromatic heterocycles. The molecule has 16 heavy (non-hydrogen) atoms. The molecule has 3 heteroatoms. The monoisotopic (exact) mass is 235 g/mol. The predicted molar refractivity (Wildman–Crippen MR) is 69.9 cm³/mol. The first kappa shape index (κ1) is 11.5. The molecule has 1 saturated heterocycles. The molecule has 2 nitrogen and oxygen atoms in total. The van der Waals surface area contributed by atoms with Crippen LogP contribution in [-0.4, -0.2) is 23.0 Å². The molecule has 2 rings (SSSR count). The highest BCUT2D eigenvalue weighted by Gasteiger charge is 2.29. The van der Waals surface area contributed by atoms with Crippen molar-refractivity contribution in [2.24, 2.45) is 0 Å². The maximum atomic E-state index is 12.1. The summed E-state index contributed by atoms with van der Waals surface area (Å²) in [7, 11) is 0. The van der Waals surface area contributed by atoms with Gasteiger partial charge < -0.3 is 4.90 Å². The summed E-state index contributed by atoms with van der Waals surface area (Å²) < 4.78 is 0.0701. The van der Waals surface area contributed by atoms with Crippen molar-refractivity contribution in [1.29, 1.82) is 0 Å². The van der Waals surface area contributed by atoms with Crippen LogP contribution >= 0.6 is 11.8 Å². The maximum absolute atomic E-state index is 12.1. The van der Waals surface area contributed by atoms with Gasteiger partial charge in [0.25, 0.3) is 0 Å². The number of hydrogen-bond donors (Lipinski definition) is 0. The molecule has 0 unspecified atom stereocenters. The summed E-state index contributed by atoms with van der Waals surface area (Å²) in [6.45, 7) is 5.10. The molecular weight excluding hydrogens is 218 g/mol. The normalized spacial score (nSPS) is 20.6. The number of para-hydroxylation sites is 1.